The van der Waals surface area contributed by atoms with Crippen LogP contribution in [0.15, 0.2) is 48.5 Å². The molecular formula is C23H26ClFN4O4S. The second kappa shape index (κ2) is 9.36. The average Bonchev–Trinajstić information content (AvgIpc) is 3.05. The molecule has 1 heterocycles. The van der Waals surface area contributed by atoms with Gasteiger partial charge in [-0.05, 0) is 60.9 Å². The van der Waals surface area contributed by atoms with Crippen molar-refractivity contribution in [3.8, 4) is 11.3 Å². The lowest BCUT2D eigenvalue weighted by Gasteiger charge is -2.28. The molecule has 182 valence electrons. The Hall–Kier alpha value is -2.95. The van der Waals surface area contributed by atoms with Crippen molar-refractivity contribution < 1.29 is 22.2 Å². The normalized spacial score (nSPS) is 12.9. The van der Waals surface area contributed by atoms with Crippen molar-refractivity contribution in [3.05, 3.63) is 65.1 Å². The van der Waals surface area contributed by atoms with Crippen LogP contribution in [0.4, 0.5) is 15.8 Å². The van der Waals surface area contributed by atoms with Crippen LogP contribution in [0.3, 0.4) is 0 Å². The van der Waals surface area contributed by atoms with Crippen LogP contribution in [-0.2, 0) is 17.4 Å². The Bertz CT molecular complexity index is 1300. The van der Waals surface area contributed by atoms with Crippen LogP contribution in [0.25, 0.3) is 11.3 Å². The second-order valence-electron chi connectivity index (χ2n) is 8.96. The summed E-state index contributed by atoms with van der Waals surface area (Å²) in [6.07, 6.45) is 0. The molecule has 3 aromatic rings. The number of halogens is 2. The first-order valence-electron chi connectivity index (χ1n) is 10.4. The maximum absolute atomic E-state index is 13.6. The molecule has 8 nitrogen and oxygen atoms in total. The smallest absolute Gasteiger partial charge is 0.348 e. The van der Waals surface area contributed by atoms with E-state index < -0.39 is 22.0 Å². The zero-order chi connectivity index (χ0) is 25.4. The molecule has 2 N–H and O–H groups in total. The number of amides is 1. The Morgan fingerprint density at radius 1 is 1.15 bits per heavy atom. The largest absolute Gasteiger partial charge is 0.364 e. The number of nitrogens with one attached hydrogen (secondary N) is 1. The number of carbonyl (C=O) groups is 1. The minimum atomic E-state index is -4.94. The van der Waals surface area contributed by atoms with Crippen molar-refractivity contribution in [3.63, 3.8) is 0 Å². The van der Waals surface area contributed by atoms with Crippen molar-refractivity contribution in [2.45, 2.75) is 33.7 Å². The van der Waals surface area contributed by atoms with Crippen LogP contribution in [0.2, 0.25) is 5.02 Å². The molecule has 1 atom stereocenters. The van der Waals surface area contributed by atoms with Gasteiger partial charge in [0.15, 0.2) is 5.69 Å². The van der Waals surface area contributed by atoms with E-state index in [0.717, 1.165) is 0 Å². The van der Waals surface area contributed by atoms with Gasteiger partial charge in [-0.25, -0.2) is 8.70 Å². The van der Waals surface area contributed by atoms with Gasteiger partial charge in [0, 0.05) is 23.7 Å². The number of hydrogen-bond donors (Lipinski definition) is 2. The van der Waals surface area contributed by atoms with Crippen LogP contribution in [0.5, 0.6) is 0 Å². The van der Waals surface area contributed by atoms with Gasteiger partial charge < -0.3 is 5.32 Å². The van der Waals surface area contributed by atoms with Crippen LogP contribution in [-0.4, -0.2) is 34.7 Å². The summed E-state index contributed by atoms with van der Waals surface area (Å²) in [4.78, 5) is 13.4. The third-order valence-corrected chi connectivity index (χ3v) is 6.60. The second-order valence-corrected chi connectivity index (χ2v) is 10.7. The SMILES string of the molecule is C[C@H](NC(=O)c1c(N(c2ccc(Cl)cc2)S(=O)(=O)O)c(-c2ccc(F)cc2)nn1C)C(C)(C)C. The summed E-state index contributed by atoms with van der Waals surface area (Å²) >= 11 is 5.96. The van der Waals surface area contributed by atoms with Crippen LogP contribution in [0, 0.1) is 11.2 Å². The van der Waals surface area contributed by atoms with Crippen molar-refractivity contribution >= 4 is 39.2 Å². The maximum Gasteiger partial charge on any atom is 0.364 e. The lowest BCUT2D eigenvalue weighted by molar-refractivity contribution is 0.0901. The van der Waals surface area contributed by atoms with Gasteiger partial charge in [0.05, 0.1) is 5.69 Å². The molecule has 2 aromatic carbocycles. The fourth-order valence-corrected chi connectivity index (χ4v) is 4.12. The highest BCUT2D eigenvalue weighted by Gasteiger charge is 2.35. The Morgan fingerprint density at radius 2 is 1.71 bits per heavy atom. The summed E-state index contributed by atoms with van der Waals surface area (Å²) in [5, 5.41) is 7.59. The lowest BCUT2D eigenvalue weighted by atomic mass is 9.88. The molecule has 34 heavy (non-hydrogen) atoms. The summed E-state index contributed by atoms with van der Waals surface area (Å²) in [7, 11) is -3.46. The highest BCUT2D eigenvalue weighted by Crippen LogP contribution is 2.40. The first kappa shape index (κ1) is 25.7. The number of anilines is 2. The maximum atomic E-state index is 13.6. The van der Waals surface area contributed by atoms with E-state index in [-0.39, 0.29) is 34.2 Å². The number of rotatable bonds is 6. The quantitative estimate of drug-likeness (QED) is 0.457. The van der Waals surface area contributed by atoms with E-state index in [1.54, 1.807) is 0 Å². The molecule has 0 fully saturated rings. The van der Waals surface area contributed by atoms with E-state index in [0.29, 0.717) is 14.9 Å². The van der Waals surface area contributed by atoms with Crippen molar-refractivity contribution in [2.24, 2.45) is 12.5 Å². The number of hydrogen-bond acceptors (Lipinski definition) is 4. The van der Waals surface area contributed by atoms with Gasteiger partial charge in [0.1, 0.15) is 17.2 Å². The van der Waals surface area contributed by atoms with Gasteiger partial charge >= 0.3 is 10.3 Å². The molecule has 3 rings (SSSR count). The molecule has 0 bridgehead atoms. The zero-order valence-electron chi connectivity index (χ0n) is 19.4. The van der Waals surface area contributed by atoms with E-state index in [9.17, 15) is 22.2 Å². The predicted octanol–water partition coefficient (Wildman–Crippen LogP) is 4.98. The highest BCUT2D eigenvalue weighted by molar-refractivity contribution is 7.87. The lowest BCUT2D eigenvalue weighted by Crippen LogP contribution is -2.42. The highest BCUT2D eigenvalue weighted by atomic mass is 35.5. The molecule has 0 radical (unpaired) electrons. The summed E-state index contributed by atoms with van der Waals surface area (Å²) in [5.74, 6) is -1.09. The third-order valence-electron chi connectivity index (χ3n) is 5.50. The number of benzene rings is 2. The van der Waals surface area contributed by atoms with Gasteiger partial charge in [-0.3, -0.25) is 14.0 Å². The van der Waals surface area contributed by atoms with Crippen molar-refractivity contribution in [1.82, 2.24) is 15.1 Å². The molecule has 1 amide bonds. The monoisotopic (exact) mass is 508 g/mol. The van der Waals surface area contributed by atoms with Gasteiger partial charge in [0.2, 0.25) is 0 Å². The minimum absolute atomic E-state index is 0.0289. The number of aromatic nitrogens is 2. The molecule has 0 unspecified atom stereocenters. The van der Waals surface area contributed by atoms with Gasteiger partial charge in [-0.1, -0.05) is 32.4 Å². The number of aryl methyl sites for hydroxylation is 1. The summed E-state index contributed by atoms with van der Waals surface area (Å²) in [6.45, 7) is 7.67. The van der Waals surface area contributed by atoms with E-state index in [1.807, 2.05) is 27.7 Å². The molecule has 11 heteroatoms. The molecule has 0 aliphatic heterocycles. The van der Waals surface area contributed by atoms with Crippen molar-refractivity contribution in [2.75, 3.05) is 4.31 Å². The standard InChI is InChI=1S/C23H26ClFN4O4S/c1-14(23(2,3)4)26-22(30)21-20(19(27-28(21)5)15-6-10-17(25)11-7-15)29(34(31,32)33)18-12-8-16(24)9-13-18/h6-14H,1-5H3,(H,26,30)(H,31,32,33)/t14-/m0/s1. The first-order chi connectivity index (χ1) is 15.7. The van der Waals surface area contributed by atoms with E-state index in [1.165, 1.54) is 60.3 Å². The average molecular weight is 509 g/mol. The topological polar surface area (TPSA) is 105 Å². The van der Waals surface area contributed by atoms with Gasteiger partial charge in [0.25, 0.3) is 5.91 Å². The van der Waals surface area contributed by atoms with Crippen molar-refractivity contribution in [1.29, 1.82) is 0 Å². The molecule has 0 aliphatic rings. The summed E-state index contributed by atoms with van der Waals surface area (Å²) < 4.78 is 50.9. The van der Waals surface area contributed by atoms with Gasteiger partial charge in [-0.2, -0.15) is 13.5 Å². The first-order valence-corrected chi connectivity index (χ1v) is 12.1. The summed E-state index contributed by atoms with van der Waals surface area (Å²) in [6, 6.07) is 10.6. The Balaban J connectivity index is 2.31. The van der Waals surface area contributed by atoms with Crippen LogP contribution < -0.4 is 9.62 Å². The Morgan fingerprint density at radius 3 is 2.21 bits per heavy atom. The van der Waals surface area contributed by atoms with E-state index in [2.05, 4.69) is 10.4 Å². The van der Waals surface area contributed by atoms with Gasteiger partial charge in [-0.15, -0.1) is 0 Å². The summed E-state index contributed by atoms with van der Waals surface area (Å²) in [5.41, 5.74) is -0.143. The van der Waals surface area contributed by atoms with Crippen LogP contribution >= 0.6 is 11.6 Å². The Kier molecular flexibility index (Phi) is 7.07. The van der Waals surface area contributed by atoms with E-state index in [4.69, 9.17) is 11.6 Å². The molecule has 0 saturated carbocycles. The number of nitrogens with zero attached hydrogens (tertiary/aromatic N) is 3. The minimum Gasteiger partial charge on any atom is -0.348 e. The molecule has 1 aromatic heterocycles. The predicted molar refractivity (Wildman–Crippen MR) is 130 cm³/mol. The number of carbonyl (C=O) groups excluding carboxylic acids is 1. The third kappa shape index (κ3) is 5.40. The Labute approximate surface area is 203 Å². The molecule has 0 saturated heterocycles. The zero-order valence-corrected chi connectivity index (χ0v) is 20.9. The molecule has 0 aliphatic carbocycles. The fraction of sp³-hybridized carbons (Fsp3) is 0.304. The fourth-order valence-electron chi connectivity index (χ4n) is 3.20. The molecular weight excluding hydrogens is 483 g/mol. The van der Waals surface area contributed by atoms with E-state index >= 15 is 0 Å². The molecule has 0 spiro atoms. The van der Waals surface area contributed by atoms with Crippen LogP contribution in [0.1, 0.15) is 38.2 Å².